The third kappa shape index (κ3) is 3.26. The summed E-state index contributed by atoms with van der Waals surface area (Å²) < 4.78 is 1.17. The lowest BCUT2D eigenvalue weighted by molar-refractivity contribution is 0.694. The third-order valence-corrected chi connectivity index (χ3v) is 5.08. The van der Waals surface area contributed by atoms with Gasteiger partial charge >= 0.3 is 0 Å². The fourth-order valence-corrected chi connectivity index (χ4v) is 3.70. The van der Waals surface area contributed by atoms with Crippen LogP contribution in [0.1, 0.15) is 17.2 Å². The molecule has 1 atom stereocenters. The molecule has 0 amide bonds. The van der Waals surface area contributed by atoms with Crippen LogP contribution >= 0.6 is 27.3 Å². The Bertz CT molecular complexity index is 704. The normalized spacial score (nSPS) is 12.3. The summed E-state index contributed by atoms with van der Waals surface area (Å²) in [7, 11) is 2.00. The summed E-state index contributed by atoms with van der Waals surface area (Å²) >= 11 is 5.25. The highest BCUT2D eigenvalue weighted by molar-refractivity contribution is 9.11. The highest BCUT2D eigenvalue weighted by atomic mass is 79.9. The van der Waals surface area contributed by atoms with Crippen molar-refractivity contribution in [2.75, 3.05) is 7.05 Å². The minimum absolute atomic E-state index is 0.234. The molecule has 0 bridgehead atoms. The summed E-state index contributed by atoms with van der Waals surface area (Å²) in [4.78, 5) is 0. The Morgan fingerprint density at radius 1 is 0.905 bits per heavy atom. The first-order chi connectivity index (χ1) is 10.3. The second-order valence-corrected chi connectivity index (χ2v) is 7.18. The van der Waals surface area contributed by atoms with E-state index in [2.05, 4.69) is 81.2 Å². The lowest BCUT2D eigenvalue weighted by atomic mass is 9.98. The van der Waals surface area contributed by atoms with Gasteiger partial charge in [0.15, 0.2) is 0 Å². The number of halogens is 1. The average molecular weight is 358 g/mol. The van der Waals surface area contributed by atoms with Crippen LogP contribution in [0.15, 0.2) is 69.8 Å². The molecule has 1 nitrogen and oxygen atoms in total. The molecule has 1 heterocycles. The van der Waals surface area contributed by atoms with Crippen molar-refractivity contribution in [3.8, 4) is 11.1 Å². The maximum absolute atomic E-state index is 3.54. The highest BCUT2D eigenvalue weighted by Crippen LogP contribution is 2.30. The molecule has 0 spiro atoms. The van der Waals surface area contributed by atoms with Gasteiger partial charge in [0.05, 0.1) is 9.83 Å². The van der Waals surface area contributed by atoms with Crippen LogP contribution in [0.5, 0.6) is 0 Å². The van der Waals surface area contributed by atoms with Crippen molar-refractivity contribution < 1.29 is 0 Å². The van der Waals surface area contributed by atoms with Crippen LogP contribution in [-0.4, -0.2) is 7.05 Å². The Morgan fingerprint density at radius 2 is 1.57 bits per heavy atom. The highest BCUT2D eigenvalue weighted by Gasteiger charge is 2.13. The lowest BCUT2D eigenvalue weighted by Gasteiger charge is -2.16. The smallest absolute Gasteiger partial charge is 0.0701 e. The fraction of sp³-hybridized carbons (Fsp3) is 0.111. The average Bonchev–Trinajstić information content (AvgIpc) is 2.96. The second-order valence-electron chi connectivity index (χ2n) is 4.89. The Balaban J connectivity index is 1.89. The van der Waals surface area contributed by atoms with Crippen molar-refractivity contribution in [3.63, 3.8) is 0 Å². The van der Waals surface area contributed by atoms with E-state index in [4.69, 9.17) is 0 Å². The van der Waals surface area contributed by atoms with Gasteiger partial charge < -0.3 is 5.32 Å². The first-order valence-corrected chi connectivity index (χ1v) is 8.52. The molecule has 2 aromatic carbocycles. The maximum atomic E-state index is 3.54. The monoisotopic (exact) mass is 357 g/mol. The molecular formula is C18H16BrNS. The van der Waals surface area contributed by atoms with Gasteiger partial charge in [0.1, 0.15) is 0 Å². The van der Waals surface area contributed by atoms with Crippen molar-refractivity contribution in [2.45, 2.75) is 6.04 Å². The van der Waals surface area contributed by atoms with E-state index in [1.807, 2.05) is 13.1 Å². The molecule has 1 aromatic heterocycles. The van der Waals surface area contributed by atoms with E-state index >= 15 is 0 Å². The molecule has 0 radical (unpaired) electrons. The number of benzene rings is 2. The van der Waals surface area contributed by atoms with Crippen molar-refractivity contribution >= 4 is 27.3 Å². The molecule has 3 aromatic rings. The Hall–Kier alpha value is -1.42. The number of hydrogen-bond acceptors (Lipinski definition) is 2. The maximum Gasteiger partial charge on any atom is 0.0701 e. The number of rotatable bonds is 4. The van der Waals surface area contributed by atoms with Gasteiger partial charge in [-0.3, -0.25) is 0 Å². The molecule has 3 heteroatoms. The second kappa shape index (κ2) is 6.56. The molecule has 106 valence electrons. The van der Waals surface area contributed by atoms with Crippen LogP contribution in [0, 0.1) is 0 Å². The van der Waals surface area contributed by atoms with Gasteiger partial charge in [0.2, 0.25) is 0 Å². The Kier molecular flexibility index (Phi) is 4.54. The fourth-order valence-electron chi connectivity index (χ4n) is 2.50. The lowest BCUT2D eigenvalue weighted by Crippen LogP contribution is -2.16. The van der Waals surface area contributed by atoms with Gasteiger partial charge in [-0.2, -0.15) is 0 Å². The SMILES string of the molecule is CNC(c1ccc(-c2ccccc2)cc1)c1csc(Br)c1. The van der Waals surface area contributed by atoms with Crippen LogP contribution in [0.3, 0.4) is 0 Å². The Morgan fingerprint density at radius 3 is 2.14 bits per heavy atom. The van der Waals surface area contributed by atoms with Crippen molar-refractivity contribution in [3.05, 3.63) is 81.0 Å². The van der Waals surface area contributed by atoms with Gasteiger partial charge in [-0.05, 0) is 56.7 Å². The molecule has 21 heavy (non-hydrogen) atoms. The first kappa shape index (κ1) is 14.5. The van der Waals surface area contributed by atoms with E-state index < -0.39 is 0 Å². The molecule has 0 saturated carbocycles. The van der Waals surface area contributed by atoms with E-state index in [9.17, 15) is 0 Å². The van der Waals surface area contributed by atoms with Crippen LogP contribution in [0.2, 0.25) is 0 Å². The van der Waals surface area contributed by atoms with Crippen molar-refractivity contribution in [1.82, 2.24) is 5.32 Å². The molecule has 0 fully saturated rings. The summed E-state index contributed by atoms with van der Waals surface area (Å²) in [6.07, 6.45) is 0. The van der Waals surface area contributed by atoms with E-state index in [1.54, 1.807) is 11.3 Å². The van der Waals surface area contributed by atoms with Crippen molar-refractivity contribution in [2.24, 2.45) is 0 Å². The summed E-state index contributed by atoms with van der Waals surface area (Å²) in [5.74, 6) is 0. The number of hydrogen-bond donors (Lipinski definition) is 1. The van der Waals surface area contributed by atoms with E-state index in [0.717, 1.165) is 0 Å². The molecule has 0 aliphatic carbocycles. The van der Waals surface area contributed by atoms with E-state index in [1.165, 1.54) is 26.0 Å². The summed E-state index contributed by atoms with van der Waals surface area (Å²) in [5.41, 5.74) is 5.08. The quantitative estimate of drug-likeness (QED) is 0.651. The van der Waals surface area contributed by atoms with Gasteiger partial charge in [-0.25, -0.2) is 0 Å². The predicted molar refractivity (Wildman–Crippen MR) is 94.8 cm³/mol. The molecule has 1 N–H and O–H groups in total. The van der Waals surface area contributed by atoms with Gasteiger partial charge in [0.25, 0.3) is 0 Å². The van der Waals surface area contributed by atoms with E-state index in [-0.39, 0.29) is 6.04 Å². The Labute approximate surface area is 137 Å². The molecule has 0 aliphatic heterocycles. The molecule has 1 unspecified atom stereocenters. The zero-order valence-corrected chi connectivity index (χ0v) is 14.1. The minimum Gasteiger partial charge on any atom is -0.309 e. The predicted octanol–water partition coefficient (Wildman–Crippen LogP) is 5.49. The summed E-state index contributed by atoms with van der Waals surface area (Å²) in [6.45, 7) is 0. The third-order valence-electron chi connectivity index (χ3n) is 3.56. The standard InChI is InChI=1S/C18H16BrNS/c1-20-18(16-11-17(19)21-12-16)15-9-7-14(8-10-15)13-5-3-2-4-6-13/h2-12,18,20H,1H3. The van der Waals surface area contributed by atoms with E-state index in [0.29, 0.717) is 0 Å². The van der Waals surface area contributed by atoms with Gasteiger partial charge in [0, 0.05) is 0 Å². The molecule has 0 saturated heterocycles. The minimum atomic E-state index is 0.234. The first-order valence-electron chi connectivity index (χ1n) is 6.84. The van der Waals surface area contributed by atoms with Crippen LogP contribution < -0.4 is 5.32 Å². The van der Waals surface area contributed by atoms with Crippen molar-refractivity contribution in [1.29, 1.82) is 0 Å². The molecule has 0 aliphatic rings. The topological polar surface area (TPSA) is 12.0 Å². The van der Waals surface area contributed by atoms with Crippen LogP contribution in [0.25, 0.3) is 11.1 Å². The number of thiophene rings is 1. The summed E-state index contributed by atoms with van der Waals surface area (Å²) in [6, 6.07) is 21.7. The van der Waals surface area contributed by atoms with Gasteiger partial charge in [-0.15, -0.1) is 11.3 Å². The molecular weight excluding hydrogens is 342 g/mol. The largest absolute Gasteiger partial charge is 0.309 e. The number of nitrogens with one attached hydrogen (secondary N) is 1. The zero-order chi connectivity index (χ0) is 14.7. The summed E-state index contributed by atoms with van der Waals surface area (Å²) in [5, 5.41) is 5.58. The van der Waals surface area contributed by atoms with Gasteiger partial charge in [-0.1, -0.05) is 54.6 Å². The van der Waals surface area contributed by atoms with Crippen LogP contribution in [-0.2, 0) is 0 Å². The van der Waals surface area contributed by atoms with Crippen LogP contribution in [0.4, 0.5) is 0 Å². The zero-order valence-electron chi connectivity index (χ0n) is 11.7. The molecule has 3 rings (SSSR count).